The molecule has 19 heavy (non-hydrogen) atoms. The third kappa shape index (κ3) is 4.35. The number of carbonyl (C=O) groups is 1. The molecule has 0 saturated heterocycles. The highest BCUT2D eigenvalue weighted by molar-refractivity contribution is 7.89. The van der Waals surface area contributed by atoms with Crippen molar-refractivity contribution in [3.05, 3.63) is 29.3 Å². The molecule has 0 unspecified atom stereocenters. The summed E-state index contributed by atoms with van der Waals surface area (Å²) < 4.78 is 26.2. The van der Waals surface area contributed by atoms with Crippen LogP contribution in [0.4, 0.5) is 0 Å². The van der Waals surface area contributed by atoms with E-state index in [0.717, 1.165) is 0 Å². The second-order valence-corrected chi connectivity index (χ2v) is 5.72. The Hall–Kier alpha value is -1.91. The van der Waals surface area contributed by atoms with E-state index in [0.29, 0.717) is 11.1 Å². The molecule has 1 aromatic rings. The minimum absolute atomic E-state index is 0.0636. The Kier molecular flexibility index (Phi) is 5.03. The van der Waals surface area contributed by atoms with Crippen LogP contribution in [0, 0.1) is 18.3 Å². The molecule has 0 bridgehead atoms. The van der Waals surface area contributed by atoms with Crippen molar-refractivity contribution in [3.63, 3.8) is 0 Å². The van der Waals surface area contributed by atoms with Gasteiger partial charge in [-0.3, -0.25) is 4.79 Å². The molecule has 2 N–H and O–H groups in total. The Morgan fingerprint density at radius 2 is 2.16 bits per heavy atom. The maximum absolute atomic E-state index is 12.0. The molecule has 0 aliphatic rings. The van der Waals surface area contributed by atoms with Crippen molar-refractivity contribution in [1.82, 2.24) is 4.72 Å². The number of carboxylic acid groups (broad SMARTS) is 1. The lowest BCUT2D eigenvalue weighted by atomic mass is 10.2. The first-order chi connectivity index (χ1) is 8.86. The van der Waals surface area contributed by atoms with Crippen LogP contribution in [0.25, 0.3) is 0 Å². The molecule has 6 nitrogen and oxygen atoms in total. The van der Waals surface area contributed by atoms with Gasteiger partial charge in [-0.05, 0) is 37.1 Å². The molecular weight excluding hydrogens is 268 g/mol. The van der Waals surface area contributed by atoms with Crippen molar-refractivity contribution in [1.29, 1.82) is 5.26 Å². The molecule has 7 heteroatoms. The number of sulfonamides is 1. The normalized spacial score (nSPS) is 10.9. The predicted molar refractivity (Wildman–Crippen MR) is 68.0 cm³/mol. The average Bonchev–Trinajstić information content (AvgIpc) is 2.34. The Labute approximate surface area is 111 Å². The summed E-state index contributed by atoms with van der Waals surface area (Å²) in [4.78, 5) is 10.4. The summed E-state index contributed by atoms with van der Waals surface area (Å²) in [5, 5.41) is 17.2. The highest BCUT2D eigenvalue weighted by Crippen LogP contribution is 2.16. The molecule has 0 radical (unpaired) electrons. The smallest absolute Gasteiger partial charge is 0.303 e. The first-order valence-corrected chi connectivity index (χ1v) is 7.07. The van der Waals surface area contributed by atoms with Crippen LogP contribution in [0.1, 0.15) is 24.0 Å². The molecule has 1 rings (SSSR count). The molecular formula is C12H14N2O4S. The second kappa shape index (κ2) is 6.31. The summed E-state index contributed by atoms with van der Waals surface area (Å²) in [6, 6.07) is 6.22. The van der Waals surface area contributed by atoms with E-state index in [1.165, 1.54) is 18.2 Å². The molecule has 1 aromatic carbocycles. The number of nitrogens with zero attached hydrogens (tertiary/aromatic N) is 1. The van der Waals surface area contributed by atoms with E-state index in [1.54, 1.807) is 6.92 Å². The van der Waals surface area contributed by atoms with Crippen molar-refractivity contribution in [3.8, 4) is 6.07 Å². The molecule has 102 valence electrons. The summed E-state index contributed by atoms with van der Waals surface area (Å²) in [5.74, 6) is -0.964. The number of nitrogens with one attached hydrogen (secondary N) is 1. The summed E-state index contributed by atoms with van der Waals surface area (Å²) in [7, 11) is -3.67. The zero-order valence-electron chi connectivity index (χ0n) is 10.4. The number of hydrogen-bond acceptors (Lipinski definition) is 4. The van der Waals surface area contributed by atoms with Crippen molar-refractivity contribution in [2.75, 3.05) is 6.54 Å². The summed E-state index contributed by atoms with van der Waals surface area (Å²) in [6.45, 7) is 1.67. The number of nitriles is 1. The van der Waals surface area contributed by atoms with Gasteiger partial charge in [0.05, 0.1) is 16.5 Å². The Morgan fingerprint density at radius 1 is 1.47 bits per heavy atom. The predicted octanol–water partition coefficient (Wildman–Crippen LogP) is 1.01. The third-order valence-corrected chi connectivity index (χ3v) is 4.07. The van der Waals surface area contributed by atoms with Crippen molar-refractivity contribution < 1.29 is 18.3 Å². The monoisotopic (exact) mass is 282 g/mol. The number of benzene rings is 1. The minimum atomic E-state index is -3.67. The van der Waals surface area contributed by atoms with Crippen LogP contribution in [0.3, 0.4) is 0 Å². The fourth-order valence-corrected chi connectivity index (χ4v) is 2.84. The van der Waals surface area contributed by atoms with Crippen molar-refractivity contribution >= 4 is 16.0 Å². The number of carboxylic acids is 1. The molecule has 0 aromatic heterocycles. The van der Waals surface area contributed by atoms with E-state index in [4.69, 9.17) is 10.4 Å². The van der Waals surface area contributed by atoms with Gasteiger partial charge in [0, 0.05) is 13.0 Å². The van der Waals surface area contributed by atoms with Crippen molar-refractivity contribution in [2.45, 2.75) is 24.7 Å². The Balaban J connectivity index is 2.78. The van der Waals surface area contributed by atoms with E-state index < -0.39 is 16.0 Å². The fraction of sp³-hybridized carbons (Fsp3) is 0.333. The molecule has 0 atom stereocenters. The molecule has 0 spiro atoms. The number of aliphatic carboxylic acids is 1. The first-order valence-electron chi connectivity index (χ1n) is 5.59. The first kappa shape index (κ1) is 15.1. The van der Waals surface area contributed by atoms with E-state index in [2.05, 4.69) is 4.72 Å². The van der Waals surface area contributed by atoms with Crippen molar-refractivity contribution in [2.24, 2.45) is 0 Å². The van der Waals surface area contributed by atoms with E-state index in [9.17, 15) is 13.2 Å². The van der Waals surface area contributed by atoms with Crippen LogP contribution < -0.4 is 4.72 Å². The summed E-state index contributed by atoms with van der Waals surface area (Å²) >= 11 is 0. The average molecular weight is 282 g/mol. The Morgan fingerprint density at radius 3 is 2.68 bits per heavy atom. The van der Waals surface area contributed by atoms with E-state index in [-0.39, 0.29) is 24.3 Å². The summed E-state index contributed by atoms with van der Waals surface area (Å²) in [5.41, 5.74) is 0.868. The Bertz CT molecular complexity index is 617. The molecule has 0 heterocycles. The summed E-state index contributed by atoms with van der Waals surface area (Å²) in [6.07, 6.45) is 0.138. The fourth-order valence-electron chi connectivity index (χ4n) is 1.54. The molecule has 0 aliphatic carbocycles. The van der Waals surface area contributed by atoms with Gasteiger partial charge in [0.15, 0.2) is 0 Å². The van der Waals surface area contributed by atoms with Gasteiger partial charge in [-0.1, -0.05) is 0 Å². The number of aryl methyl sites for hydroxylation is 1. The maximum Gasteiger partial charge on any atom is 0.303 e. The van der Waals surface area contributed by atoms with E-state index in [1.807, 2.05) is 6.07 Å². The molecule has 0 fully saturated rings. The minimum Gasteiger partial charge on any atom is -0.481 e. The van der Waals surface area contributed by atoms with Gasteiger partial charge in [0.1, 0.15) is 0 Å². The quantitative estimate of drug-likeness (QED) is 0.757. The zero-order chi connectivity index (χ0) is 14.5. The molecule has 0 amide bonds. The van der Waals surface area contributed by atoms with Gasteiger partial charge in [-0.25, -0.2) is 13.1 Å². The van der Waals surface area contributed by atoms with Crippen LogP contribution in [-0.4, -0.2) is 26.0 Å². The highest BCUT2D eigenvalue weighted by Gasteiger charge is 2.16. The van der Waals surface area contributed by atoms with Crippen LogP contribution >= 0.6 is 0 Å². The van der Waals surface area contributed by atoms with Gasteiger partial charge >= 0.3 is 5.97 Å². The van der Waals surface area contributed by atoms with Gasteiger partial charge < -0.3 is 5.11 Å². The number of hydrogen-bond donors (Lipinski definition) is 2. The lowest BCUT2D eigenvalue weighted by molar-refractivity contribution is -0.137. The SMILES string of the molecule is Cc1cc(C#N)ccc1S(=O)(=O)NCCCC(=O)O. The maximum atomic E-state index is 12.0. The molecule has 0 saturated carbocycles. The van der Waals surface area contributed by atoms with Gasteiger partial charge in [-0.2, -0.15) is 5.26 Å². The van der Waals surface area contributed by atoms with Crippen LogP contribution in [-0.2, 0) is 14.8 Å². The van der Waals surface area contributed by atoms with Crippen LogP contribution in [0.5, 0.6) is 0 Å². The van der Waals surface area contributed by atoms with E-state index >= 15 is 0 Å². The van der Waals surface area contributed by atoms with Gasteiger partial charge in [0.2, 0.25) is 10.0 Å². The largest absolute Gasteiger partial charge is 0.481 e. The standard InChI is InChI=1S/C12H14N2O4S/c1-9-7-10(8-13)4-5-11(9)19(17,18)14-6-2-3-12(15)16/h4-5,7,14H,2-3,6H2,1H3,(H,15,16). The third-order valence-electron chi connectivity index (χ3n) is 2.45. The van der Waals surface area contributed by atoms with Crippen LogP contribution in [0.15, 0.2) is 23.1 Å². The molecule has 0 aliphatic heterocycles. The van der Waals surface area contributed by atoms with Gasteiger partial charge in [-0.15, -0.1) is 0 Å². The van der Waals surface area contributed by atoms with Gasteiger partial charge in [0.25, 0.3) is 0 Å². The lowest BCUT2D eigenvalue weighted by Crippen LogP contribution is -2.25. The lowest BCUT2D eigenvalue weighted by Gasteiger charge is -2.08. The second-order valence-electron chi connectivity index (χ2n) is 3.99. The number of rotatable bonds is 6. The van der Waals surface area contributed by atoms with Crippen LogP contribution in [0.2, 0.25) is 0 Å². The topological polar surface area (TPSA) is 107 Å². The highest BCUT2D eigenvalue weighted by atomic mass is 32.2. The zero-order valence-corrected chi connectivity index (χ0v) is 11.2.